The smallest absolute Gasteiger partial charge is 0.338 e. The molecule has 55 heavy (non-hydrogen) atoms. The minimum atomic E-state index is -1.67. The van der Waals surface area contributed by atoms with Gasteiger partial charge in [-0.3, -0.25) is 4.79 Å². The molecule has 2 saturated heterocycles. The predicted molar refractivity (Wildman–Crippen MR) is 195 cm³/mol. The summed E-state index contributed by atoms with van der Waals surface area (Å²) in [6.07, 6.45) is -4.70. The standard InChI is InChI=1S/C43H45F2NO9/c1-26-17-19-27(20-18-26)22-50-25-31-12-8-16-36(53-31)54-35-21-28-9-2-5-13-32(28)37(35)46-42(48)41(52-24-30-11-4-7-15-34(30)45)39-38(47)40(43(49)55-39)51-23-29-10-3-6-14-33(29)44/h2-7,9-11,13-15,17-20,31,35-41,47H,8,12,16,21-25H2,1H3,(H,46,48). The third-order valence-corrected chi connectivity index (χ3v) is 10.3. The van der Waals surface area contributed by atoms with E-state index < -0.39 is 66.4 Å². The Kier molecular flexibility index (Phi) is 12.6. The van der Waals surface area contributed by atoms with Crippen molar-refractivity contribution in [3.63, 3.8) is 0 Å². The van der Waals surface area contributed by atoms with Gasteiger partial charge in [-0.1, -0.05) is 90.5 Å². The minimum absolute atomic E-state index is 0.158. The summed E-state index contributed by atoms with van der Waals surface area (Å²) in [4.78, 5) is 27.3. The molecule has 0 aromatic heterocycles. The van der Waals surface area contributed by atoms with Crippen LogP contribution in [0.25, 0.3) is 0 Å². The van der Waals surface area contributed by atoms with E-state index in [0.717, 1.165) is 29.5 Å². The number of cyclic esters (lactones) is 1. The number of ether oxygens (including phenoxy) is 6. The third-order valence-electron chi connectivity index (χ3n) is 10.3. The van der Waals surface area contributed by atoms with Crippen molar-refractivity contribution < 1.29 is 51.9 Å². The SMILES string of the molecule is Cc1ccc(COCC2CCCC(OC3Cc4ccccc4C3NC(=O)C(OCc3ccccc3F)C3OC(=O)C(OCc4ccccc4F)C3O)O2)cc1. The van der Waals surface area contributed by atoms with Gasteiger partial charge in [-0.15, -0.1) is 0 Å². The molecule has 2 heterocycles. The Labute approximate surface area is 318 Å². The molecule has 8 atom stereocenters. The van der Waals surface area contributed by atoms with E-state index in [4.69, 9.17) is 28.4 Å². The topological polar surface area (TPSA) is 122 Å². The maximum absolute atomic E-state index is 14.7. The van der Waals surface area contributed by atoms with Crippen LogP contribution in [0.1, 0.15) is 58.7 Å². The number of aryl methyl sites for hydroxylation is 1. The number of carbonyl (C=O) groups excluding carboxylic acids is 2. The molecule has 2 aliphatic heterocycles. The number of rotatable bonds is 15. The molecule has 10 nitrogen and oxygen atoms in total. The fourth-order valence-electron chi connectivity index (χ4n) is 7.26. The molecule has 0 spiro atoms. The fourth-order valence-corrected chi connectivity index (χ4v) is 7.26. The quantitative estimate of drug-likeness (QED) is 0.142. The van der Waals surface area contributed by atoms with Crippen molar-refractivity contribution in [1.82, 2.24) is 5.32 Å². The van der Waals surface area contributed by atoms with E-state index in [1.54, 1.807) is 12.1 Å². The number of aliphatic hydroxyl groups excluding tert-OH is 1. The van der Waals surface area contributed by atoms with Crippen LogP contribution in [0.2, 0.25) is 0 Å². The zero-order valence-electron chi connectivity index (χ0n) is 30.5. The molecule has 0 bridgehead atoms. The molecule has 290 valence electrons. The van der Waals surface area contributed by atoms with Crippen LogP contribution in [0.4, 0.5) is 8.78 Å². The van der Waals surface area contributed by atoms with Gasteiger partial charge in [-0.2, -0.15) is 0 Å². The molecule has 0 saturated carbocycles. The van der Waals surface area contributed by atoms with E-state index in [2.05, 4.69) is 17.4 Å². The van der Waals surface area contributed by atoms with Gasteiger partial charge in [0.05, 0.1) is 44.7 Å². The van der Waals surface area contributed by atoms with E-state index in [-0.39, 0.29) is 30.4 Å². The van der Waals surface area contributed by atoms with Crippen molar-refractivity contribution in [3.8, 4) is 0 Å². The van der Waals surface area contributed by atoms with Crippen LogP contribution >= 0.6 is 0 Å². The summed E-state index contributed by atoms with van der Waals surface area (Å²) in [7, 11) is 0. The summed E-state index contributed by atoms with van der Waals surface area (Å²) < 4.78 is 65.0. The normalized spacial score (nSPS) is 25.3. The zero-order chi connectivity index (χ0) is 38.3. The molecule has 1 amide bonds. The lowest BCUT2D eigenvalue weighted by Crippen LogP contribution is -2.51. The third kappa shape index (κ3) is 9.46. The average Bonchev–Trinajstić information content (AvgIpc) is 3.67. The average molecular weight is 758 g/mol. The van der Waals surface area contributed by atoms with Gasteiger partial charge in [0, 0.05) is 17.5 Å². The van der Waals surface area contributed by atoms with E-state index in [1.807, 2.05) is 43.3 Å². The lowest BCUT2D eigenvalue weighted by Gasteiger charge is -2.34. The van der Waals surface area contributed by atoms with Crippen molar-refractivity contribution in [1.29, 1.82) is 0 Å². The Morgan fingerprint density at radius 2 is 1.58 bits per heavy atom. The minimum Gasteiger partial charge on any atom is -0.454 e. The highest BCUT2D eigenvalue weighted by Crippen LogP contribution is 2.36. The highest BCUT2D eigenvalue weighted by molar-refractivity contribution is 5.85. The molecule has 8 unspecified atom stereocenters. The van der Waals surface area contributed by atoms with Crippen molar-refractivity contribution >= 4 is 11.9 Å². The molecule has 1 aliphatic carbocycles. The largest absolute Gasteiger partial charge is 0.454 e. The van der Waals surface area contributed by atoms with Gasteiger partial charge >= 0.3 is 5.97 Å². The summed E-state index contributed by atoms with van der Waals surface area (Å²) in [6, 6.07) is 27.0. The summed E-state index contributed by atoms with van der Waals surface area (Å²) in [5.41, 5.74) is 4.40. The van der Waals surface area contributed by atoms with E-state index in [0.29, 0.717) is 26.1 Å². The van der Waals surface area contributed by atoms with Gasteiger partial charge in [0.25, 0.3) is 5.91 Å². The van der Waals surface area contributed by atoms with Crippen molar-refractivity contribution in [2.75, 3.05) is 6.61 Å². The summed E-state index contributed by atoms with van der Waals surface area (Å²) >= 11 is 0. The van der Waals surface area contributed by atoms with Crippen LogP contribution in [0.3, 0.4) is 0 Å². The first kappa shape index (κ1) is 38.7. The first-order valence-electron chi connectivity index (χ1n) is 18.6. The first-order valence-corrected chi connectivity index (χ1v) is 18.6. The Bertz CT molecular complexity index is 1930. The highest BCUT2D eigenvalue weighted by atomic mass is 19.1. The van der Waals surface area contributed by atoms with E-state index in [9.17, 15) is 23.5 Å². The Morgan fingerprint density at radius 1 is 0.891 bits per heavy atom. The van der Waals surface area contributed by atoms with Gasteiger partial charge in [0.2, 0.25) is 0 Å². The second-order valence-electron chi connectivity index (χ2n) is 14.2. The molecular formula is C43H45F2NO9. The summed E-state index contributed by atoms with van der Waals surface area (Å²) in [5.74, 6) is -2.76. The number of nitrogens with one attached hydrogen (secondary N) is 1. The van der Waals surface area contributed by atoms with Gasteiger partial charge in [0.1, 0.15) is 17.7 Å². The maximum atomic E-state index is 14.7. The highest BCUT2D eigenvalue weighted by Gasteiger charge is 2.52. The predicted octanol–water partition coefficient (Wildman–Crippen LogP) is 5.94. The van der Waals surface area contributed by atoms with Crippen molar-refractivity contribution in [2.24, 2.45) is 0 Å². The van der Waals surface area contributed by atoms with Crippen LogP contribution in [0.15, 0.2) is 97.1 Å². The van der Waals surface area contributed by atoms with Crippen molar-refractivity contribution in [3.05, 3.63) is 142 Å². The van der Waals surface area contributed by atoms with Crippen molar-refractivity contribution in [2.45, 2.75) is 101 Å². The Morgan fingerprint density at radius 3 is 2.33 bits per heavy atom. The zero-order valence-corrected chi connectivity index (χ0v) is 30.5. The molecule has 2 N–H and O–H groups in total. The van der Waals surface area contributed by atoms with E-state index >= 15 is 0 Å². The number of hydrogen-bond donors (Lipinski definition) is 2. The van der Waals surface area contributed by atoms with Gasteiger partial charge < -0.3 is 38.8 Å². The molecule has 3 aliphatic rings. The molecule has 7 rings (SSSR count). The van der Waals surface area contributed by atoms with Crippen LogP contribution < -0.4 is 5.32 Å². The number of carbonyl (C=O) groups is 2. The lowest BCUT2D eigenvalue weighted by atomic mass is 10.0. The number of halogens is 2. The number of esters is 1. The number of hydrogen-bond acceptors (Lipinski definition) is 9. The van der Waals surface area contributed by atoms with Crippen LogP contribution in [0.5, 0.6) is 0 Å². The van der Waals surface area contributed by atoms with Crippen LogP contribution in [-0.4, -0.2) is 66.5 Å². The summed E-state index contributed by atoms with van der Waals surface area (Å²) in [6.45, 7) is 2.23. The monoisotopic (exact) mass is 757 g/mol. The molecule has 0 radical (unpaired) electrons. The van der Waals surface area contributed by atoms with Crippen LogP contribution in [0, 0.1) is 18.6 Å². The number of fused-ring (bicyclic) bond motifs is 1. The molecule has 4 aromatic rings. The van der Waals surface area contributed by atoms with Gasteiger partial charge in [-0.05, 0) is 55.0 Å². The van der Waals surface area contributed by atoms with E-state index in [1.165, 1.54) is 42.0 Å². The fraction of sp³-hybridized carbons (Fsp3) is 0.395. The Balaban J connectivity index is 1.04. The molecular weight excluding hydrogens is 712 g/mol. The summed E-state index contributed by atoms with van der Waals surface area (Å²) in [5, 5.41) is 14.4. The molecule has 4 aromatic carbocycles. The lowest BCUT2D eigenvalue weighted by molar-refractivity contribution is -0.227. The van der Waals surface area contributed by atoms with Gasteiger partial charge in [-0.25, -0.2) is 13.6 Å². The second kappa shape index (κ2) is 17.9. The maximum Gasteiger partial charge on any atom is 0.338 e. The molecule has 12 heteroatoms. The number of benzene rings is 4. The number of aliphatic hydroxyl groups is 1. The second-order valence-corrected chi connectivity index (χ2v) is 14.2. The Hall–Kier alpha value is -4.56. The van der Waals surface area contributed by atoms with Crippen LogP contribution in [-0.2, 0) is 64.3 Å². The number of amides is 1. The van der Waals surface area contributed by atoms with Gasteiger partial charge in [0.15, 0.2) is 24.6 Å². The molecule has 2 fully saturated rings. The first-order chi connectivity index (χ1) is 26.7.